The number of halogens is 3. The van der Waals surface area contributed by atoms with Crippen molar-refractivity contribution in [1.82, 2.24) is 19.7 Å². The predicted molar refractivity (Wildman–Crippen MR) is 107 cm³/mol. The Labute approximate surface area is 177 Å². The van der Waals surface area contributed by atoms with Crippen molar-refractivity contribution in [3.8, 4) is 5.69 Å². The van der Waals surface area contributed by atoms with Gasteiger partial charge in [-0.2, -0.15) is 5.10 Å². The Balaban J connectivity index is 1.52. The normalized spacial score (nSPS) is 23.4. The van der Waals surface area contributed by atoms with Crippen molar-refractivity contribution < 1.29 is 22.0 Å². The number of hydrogen-bond acceptors (Lipinski definition) is 6. The lowest BCUT2D eigenvalue weighted by Gasteiger charge is -2.41. The number of carbonyl (C=O) groups excluding carboxylic acids is 1. The molecule has 0 N–H and O–H groups in total. The van der Waals surface area contributed by atoms with E-state index in [0.717, 1.165) is 0 Å². The van der Waals surface area contributed by atoms with Gasteiger partial charge in [-0.15, -0.1) is 0 Å². The van der Waals surface area contributed by atoms with Gasteiger partial charge >= 0.3 is 0 Å². The van der Waals surface area contributed by atoms with Gasteiger partial charge in [-0.3, -0.25) is 9.78 Å². The maximum Gasteiger partial charge on any atom is 0.276 e. The molecule has 0 spiro atoms. The van der Waals surface area contributed by atoms with Crippen LogP contribution in [0.3, 0.4) is 0 Å². The first-order chi connectivity index (χ1) is 14.2. The lowest BCUT2D eigenvalue weighted by atomic mass is 9.91. The summed E-state index contributed by atoms with van der Waals surface area (Å²) < 4.78 is 54.7. The third kappa shape index (κ3) is 4.13. The van der Waals surface area contributed by atoms with Gasteiger partial charge in [0.15, 0.2) is 9.84 Å². The van der Waals surface area contributed by atoms with E-state index in [1.54, 1.807) is 12.3 Å². The van der Waals surface area contributed by atoms with Crippen LogP contribution < -0.4 is 4.90 Å². The molecule has 0 aliphatic carbocycles. The highest BCUT2D eigenvalue weighted by atomic mass is 35.5. The van der Waals surface area contributed by atoms with Gasteiger partial charge in [-0.1, -0.05) is 11.6 Å². The Kier molecular flexibility index (Phi) is 5.43. The Hall–Kier alpha value is -2.27. The van der Waals surface area contributed by atoms with E-state index in [1.165, 1.54) is 33.1 Å². The summed E-state index contributed by atoms with van der Waals surface area (Å²) in [6.07, 6.45) is 5.98. The van der Waals surface area contributed by atoms with E-state index in [-0.39, 0.29) is 37.6 Å². The first-order valence-corrected chi connectivity index (χ1v) is 11.6. The second-order valence-electron chi connectivity index (χ2n) is 7.47. The number of pyridine rings is 1. The number of anilines is 1. The summed E-state index contributed by atoms with van der Waals surface area (Å²) in [6.45, 7) is -0.496. The number of sulfone groups is 1. The molecule has 2 aromatic heterocycles. The van der Waals surface area contributed by atoms with Crippen molar-refractivity contribution in [2.75, 3.05) is 42.6 Å². The molecule has 2 saturated heterocycles. The molecule has 2 aliphatic heterocycles. The van der Waals surface area contributed by atoms with E-state index < -0.39 is 34.1 Å². The van der Waals surface area contributed by atoms with Gasteiger partial charge in [0, 0.05) is 32.0 Å². The molecule has 0 radical (unpaired) electrons. The predicted octanol–water partition coefficient (Wildman–Crippen LogP) is 1.64. The van der Waals surface area contributed by atoms with Crippen molar-refractivity contribution >= 4 is 33.0 Å². The third-order valence-electron chi connectivity index (χ3n) is 5.47. The lowest BCUT2D eigenvalue weighted by molar-refractivity contribution is -0.151. The van der Waals surface area contributed by atoms with Crippen molar-refractivity contribution in [2.45, 2.75) is 12.3 Å². The molecule has 0 bridgehead atoms. The molecule has 0 aromatic carbocycles. The number of amides is 1. The van der Waals surface area contributed by atoms with Crippen molar-refractivity contribution in [2.24, 2.45) is 5.92 Å². The van der Waals surface area contributed by atoms with Crippen LogP contribution in [0.5, 0.6) is 0 Å². The molecule has 12 heteroatoms. The smallest absolute Gasteiger partial charge is 0.276 e. The van der Waals surface area contributed by atoms with Crippen LogP contribution in [-0.4, -0.2) is 77.6 Å². The Morgan fingerprint density at radius 1 is 1.17 bits per heavy atom. The third-order valence-corrected chi connectivity index (χ3v) is 7.27. The van der Waals surface area contributed by atoms with E-state index in [1.807, 2.05) is 0 Å². The number of piperidine rings is 1. The van der Waals surface area contributed by atoms with Crippen LogP contribution in [0.2, 0.25) is 5.02 Å². The van der Waals surface area contributed by atoms with Gasteiger partial charge in [-0.05, 0) is 12.5 Å². The Morgan fingerprint density at radius 2 is 1.90 bits per heavy atom. The highest BCUT2D eigenvalue weighted by Gasteiger charge is 2.50. The SMILES string of the molecule is O=C(C1CCN(c2cnccc2-n2cc(Cl)cn2)CC1(F)F)N1CCS(=O)(=O)CC1. The second-order valence-corrected chi connectivity index (χ2v) is 10.2. The Bertz CT molecular complexity index is 1050. The second kappa shape index (κ2) is 7.77. The standard InChI is InChI=1S/C18H20ClF2N5O3S/c19-13-9-23-26(11-13)15-1-3-22-10-16(15)25-4-2-14(18(20,21)12-25)17(27)24-5-7-30(28,29)8-6-24/h1,3,9-11,14H,2,4-8,12H2. The number of hydrogen-bond donors (Lipinski definition) is 0. The molecular weight excluding hydrogens is 440 g/mol. The topological polar surface area (TPSA) is 88.4 Å². The zero-order chi connectivity index (χ0) is 21.5. The summed E-state index contributed by atoms with van der Waals surface area (Å²) in [5, 5.41) is 4.54. The summed E-state index contributed by atoms with van der Waals surface area (Å²) in [4.78, 5) is 19.5. The van der Waals surface area contributed by atoms with E-state index in [9.17, 15) is 13.2 Å². The Morgan fingerprint density at radius 3 is 2.53 bits per heavy atom. The maximum atomic E-state index is 15.0. The van der Waals surface area contributed by atoms with Gasteiger partial charge < -0.3 is 9.80 Å². The summed E-state index contributed by atoms with van der Waals surface area (Å²) >= 11 is 5.93. The molecule has 2 fully saturated rings. The van der Waals surface area contributed by atoms with Gasteiger partial charge in [-0.25, -0.2) is 21.9 Å². The zero-order valence-corrected chi connectivity index (χ0v) is 17.5. The van der Waals surface area contributed by atoms with Crippen LogP contribution in [0.25, 0.3) is 5.69 Å². The molecule has 1 amide bonds. The van der Waals surface area contributed by atoms with Gasteiger partial charge in [0.25, 0.3) is 5.92 Å². The highest BCUT2D eigenvalue weighted by molar-refractivity contribution is 7.91. The molecule has 4 heterocycles. The lowest BCUT2D eigenvalue weighted by Crippen LogP contribution is -2.56. The maximum absolute atomic E-state index is 15.0. The van der Waals surface area contributed by atoms with Gasteiger partial charge in [0.2, 0.25) is 5.91 Å². The van der Waals surface area contributed by atoms with Crippen LogP contribution in [-0.2, 0) is 14.6 Å². The number of carbonyl (C=O) groups is 1. The minimum absolute atomic E-state index is 0.0374. The zero-order valence-electron chi connectivity index (χ0n) is 15.9. The fourth-order valence-corrected chi connectivity index (χ4v) is 5.19. The molecule has 30 heavy (non-hydrogen) atoms. The summed E-state index contributed by atoms with van der Waals surface area (Å²) in [7, 11) is -3.20. The molecule has 162 valence electrons. The molecule has 2 aliphatic rings. The van der Waals surface area contributed by atoms with Gasteiger partial charge in [0.1, 0.15) is 5.92 Å². The molecule has 2 aromatic rings. The number of aromatic nitrogens is 3. The van der Waals surface area contributed by atoms with E-state index in [0.29, 0.717) is 16.4 Å². The molecule has 0 saturated carbocycles. The summed E-state index contributed by atoms with van der Waals surface area (Å²) in [5.74, 6) is -5.81. The molecular formula is C18H20ClF2N5O3S. The van der Waals surface area contributed by atoms with Gasteiger partial charge in [0.05, 0.1) is 46.8 Å². The van der Waals surface area contributed by atoms with Crippen LogP contribution in [0.4, 0.5) is 14.5 Å². The monoisotopic (exact) mass is 459 g/mol. The molecule has 1 atom stereocenters. The van der Waals surface area contributed by atoms with Crippen molar-refractivity contribution in [1.29, 1.82) is 0 Å². The number of nitrogens with zero attached hydrogens (tertiary/aromatic N) is 5. The van der Waals surface area contributed by atoms with Crippen LogP contribution in [0, 0.1) is 5.92 Å². The number of alkyl halides is 2. The molecule has 4 rings (SSSR count). The van der Waals surface area contributed by atoms with E-state index in [4.69, 9.17) is 11.6 Å². The summed E-state index contributed by atoms with van der Waals surface area (Å²) in [5.41, 5.74) is 1.02. The van der Waals surface area contributed by atoms with Crippen molar-refractivity contribution in [3.05, 3.63) is 35.9 Å². The largest absolute Gasteiger partial charge is 0.362 e. The minimum atomic E-state index is -3.28. The van der Waals surface area contributed by atoms with Crippen molar-refractivity contribution in [3.63, 3.8) is 0 Å². The fourth-order valence-electron chi connectivity index (χ4n) is 3.85. The van der Waals surface area contributed by atoms with Crippen LogP contribution >= 0.6 is 11.6 Å². The van der Waals surface area contributed by atoms with E-state index >= 15 is 8.78 Å². The average molecular weight is 460 g/mol. The van der Waals surface area contributed by atoms with Crippen LogP contribution in [0.1, 0.15) is 6.42 Å². The highest BCUT2D eigenvalue weighted by Crippen LogP contribution is 2.38. The number of rotatable bonds is 3. The first kappa shape index (κ1) is 21.0. The molecule has 1 unspecified atom stereocenters. The molecule has 8 nitrogen and oxygen atoms in total. The quantitative estimate of drug-likeness (QED) is 0.693. The van der Waals surface area contributed by atoms with Crippen LogP contribution in [0.15, 0.2) is 30.9 Å². The van der Waals surface area contributed by atoms with E-state index in [2.05, 4.69) is 10.1 Å². The fraction of sp³-hybridized carbons (Fsp3) is 0.500. The first-order valence-electron chi connectivity index (χ1n) is 9.43. The average Bonchev–Trinajstić information content (AvgIpc) is 3.13. The summed E-state index contributed by atoms with van der Waals surface area (Å²) in [6, 6.07) is 1.65. The minimum Gasteiger partial charge on any atom is -0.362 e.